The zero-order valence-corrected chi connectivity index (χ0v) is 10.6. The molecule has 0 spiro atoms. The summed E-state index contributed by atoms with van der Waals surface area (Å²) in [5.41, 5.74) is 2.78. The fourth-order valence-electron chi connectivity index (χ4n) is 1.67. The summed E-state index contributed by atoms with van der Waals surface area (Å²) in [6, 6.07) is 9.58. The Labute approximate surface area is 106 Å². The second kappa shape index (κ2) is 5.25. The van der Waals surface area contributed by atoms with E-state index in [9.17, 15) is 0 Å². The third kappa shape index (κ3) is 2.81. The van der Waals surface area contributed by atoms with Crippen molar-refractivity contribution in [3.63, 3.8) is 0 Å². The predicted octanol–water partition coefficient (Wildman–Crippen LogP) is 2.82. The van der Waals surface area contributed by atoms with Crippen molar-refractivity contribution in [2.75, 3.05) is 7.05 Å². The molecule has 0 fully saturated rings. The molecule has 1 aromatic carbocycles. The van der Waals surface area contributed by atoms with E-state index in [0.29, 0.717) is 10.8 Å². The molecular weight excluding hydrogens is 234 g/mol. The highest BCUT2D eigenvalue weighted by Gasteiger charge is 2.07. The smallest absolute Gasteiger partial charge is 0.161 e. The van der Waals surface area contributed by atoms with Gasteiger partial charge in [0.1, 0.15) is 0 Å². The van der Waals surface area contributed by atoms with Crippen molar-refractivity contribution in [2.24, 2.45) is 0 Å². The summed E-state index contributed by atoms with van der Waals surface area (Å²) >= 11 is 6.14. The maximum Gasteiger partial charge on any atom is 0.161 e. The van der Waals surface area contributed by atoms with Gasteiger partial charge in [0.2, 0.25) is 0 Å². The number of nitrogens with one attached hydrogen (secondary N) is 1. The van der Waals surface area contributed by atoms with Crippen molar-refractivity contribution >= 4 is 11.6 Å². The SMILES string of the molecule is CNCc1cc(C)nc(-c2ccccc2Cl)n1. The van der Waals surface area contributed by atoms with Crippen LogP contribution < -0.4 is 5.32 Å². The van der Waals surface area contributed by atoms with Gasteiger partial charge in [0, 0.05) is 17.8 Å². The number of aromatic nitrogens is 2. The molecule has 3 nitrogen and oxygen atoms in total. The molecule has 0 unspecified atom stereocenters. The summed E-state index contributed by atoms with van der Waals surface area (Å²) < 4.78 is 0. The van der Waals surface area contributed by atoms with E-state index < -0.39 is 0 Å². The lowest BCUT2D eigenvalue weighted by Gasteiger charge is -2.07. The molecular formula is C13H14ClN3. The van der Waals surface area contributed by atoms with Crippen LogP contribution in [0.25, 0.3) is 11.4 Å². The van der Waals surface area contributed by atoms with Crippen LogP contribution in [-0.2, 0) is 6.54 Å². The molecule has 17 heavy (non-hydrogen) atoms. The van der Waals surface area contributed by atoms with Crippen molar-refractivity contribution in [1.29, 1.82) is 0 Å². The molecule has 88 valence electrons. The van der Waals surface area contributed by atoms with Gasteiger partial charge in [-0.2, -0.15) is 0 Å². The second-order valence-electron chi connectivity index (χ2n) is 3.83. The van der Waals surface area contributed by atoms with Crippen molar-refractivity contribution in [3.8, 4) is 11.4 Å². The highest BCUT2D eigenvalue weighted by molar-refractivity contribution is 6.33. The number of nitrogens with zero attached hydrogens (tertiary/aromatic N) is 2. The van der Waals surface area contributed by atoms with Gasteiger partial charge < -0.3 is 5.32 Å². The monoisotopic (exact) mass is 247 g/mol. The Balaban J connectivity index is 2.48. The molecule has 0 aliphatic heterocycles. The van der Waals surface area contributed by atoms with Crippen LogP contribution in [0.2, 0.25) is 5.02 Å². The molecule has 0 saturated heterocycles. The zero-order chi connectivity index (χ0) is 12.3. The topological polar surface area (TPSA) is 37.8 Å². The first-order chi connectivity index (χ1) is 8.20. The van der Waals surface area contributed by atoms with E-state index in [1.165, 1.54) is 0 Å². The maximum atomic E-state index is 6.14. The number of hydrogen-bond acceptors (Lipinski definition) is 3. The highest BCUT2D eigenvalue weighted by atomic mass is 35.5. The first kappa shape index (κ1) is 12.0. The van der Waals surface area contributed by atoms with Gasteiger partial charge in [-0.3, -0.25) is 0 Å². The van der Waals surface area contributed by atoms with Gasteiger partial charge in [-0.1, -0.05) is 23.7 Å². The molecule has 0 radical (unpaired) electrons. The molecule has 1 aromatic heterocycles. The summed E-state index contributed by atoms with van der Waals surface area (Å²) in [5, 5.41) is 3.76. The predicted molar refractivity (Wildman–Crippen MR) is 70.0 cm³/mol. The van der Waals surface area contributed by atoms with Crippen LogP contribution in [-0.4, -0.2) is 17.0 Å². The number of halogens is 1. The second-order valence-corrected chi connectivity index (χ2v) is 4.24. The van der Waals surface area contributed by atoms with Gasteiger partial charge in [-0.05, 0) is 32.2 Å². The minimum atomic E-state index is 0.675. The minimum absolute atomic E-state index is 0.675. The van der Waals surface area contributed by atoms with Crippen LogP contribution in [0.4, 0.5) is 0 Å². The number of hydrogen-bond donors (Lipinski definition) is 1. The maximum absolute atomic E-state index is 6.14. The summed E-state index contributed by atoms with van der Waals surface area (Å²) in [4.78, 5) is 8.92. The van der Waals surface area contributed by atoms with E-state index in [2.05, 4.69) is 15.3 Å². The molecule has 0 saturated carbocycles. The molecule has 0 aliphatic rings. The first-order valence-electron chi connectivity index (χ1n) is 5.45. The molecule has 0 amide bonds. The van der Waals surface area contributed by atoms with Crippen LogP contribution in [0.3, 0.4) is 0 Å². The van der Waals surface area contributed by atoms with E-state index >= 15 is 0 Å². The highest BCUT2D eigenvalue weighted by Crippen LogP contribution is 2.24. The number of benzene rings is 1. The largest absolute Gasteiger partial charge is 0.314 e. The molecule has 0 aliphatic carbocycles. The lowest BCUT2D eigenvalue weighted by Crippen LogP contribution is -2.08. The lowest BCUT2D eigenvalue weighted by atomic mass is 10.2. The van der Waals surface area contributed by atoms with Crippen LogP contribution in [0.1, 0.15) is 11.4 Å². The Morgan fingerprint density at radius 1 is 1.24 bits per heavy atom. The Hall–Kier alpha value is -1.45. The van der Waals surface area contributed by atoms with E-state index in [1.807, 2.05) is 44.3 Å². The van der Waals surface area contributed by atoms with Gasteiger partial charge >= 0.3 is 0 Å². The summed E-state index contributed by atoms with van der Waals surface area (Å²) in [6.45, 7) is 2.68. The lowest BCUT2D eigenvalue weighted by molar-refractivity contribution is 0.785. The van der Waals surface area contributed by atoms with E-state index in [1.54, 1.807) is 0 Å². The summed E-state index contributed by atoms with van der Waals surface area (Å²) in [5.74, 6) is 0.681. The molecule has 1 heterocycles. The average molecular weight is 248 g/mol. The van der Waals surface area contributed by atoms with Crippen molar-refractivity contribution < 1.29 is 0 Å². The Kier molecular flexibility index (Phi) is 3.71. The first-order valence-corrected chi connectivity index (χ1v) is 5.82. The van der Waals surface area contributed by atoms with Gasteiger partial charge in [0.15, 0.2) is 5.82 Å². The van der Waals surface area contributed by atoms with Crippen molar-refractivity contribution in [1.82, 2.24) is 15.3 Å². The Morgan fingerprint density at radius 3 is 2.71 bits per heavy atom. The standard InChI is InChI=1S/C13H14ClN3/c1-9-7-10(8-15-2)17-13(16-9)11-5-3-4-6-12(11)14/h3-7,15H,8H2,1-2H3. The Bertz CT molecular complexity index is 526. The fourth-order valence-corrected chi connectivity index (χ4v) is 1.89. The molecule has 4 heteroatoms. The fraction of sp³-hybridized carbons (Fsp3) is 0.231. The van der Waals surface area contributed by atoms with Crippen molar-refractivity contribution in [3.05, 3.63) is 46.7 Å². The quantitative estimate of drug-likeness (QED) is 0.906. The van der Waals surface area contributed by atoms with Gasteiger partial charge in [0.05, 0.1) is 10.7 Å². The van der Waals surface area contributed by atoms with Gasteiger partial charge in [-0.15, -0.1) is 0 Å². The van der Waals surface area contributed by atoms with Crippen LogP contribution >= 0.6 is 11.6 Å². The van der Waals surface area contributed by atoms with Crippen LogP contribution in [0.15, 0.2) is 30.3 Å². The van der Waals surface area contributed by atoms with Crippen LogP contribution in [0.5, 0.6) is 0 Å². The number of aryl methyl sites for hydroxylation is 1. The molecule has 0 atom stereocenters. The molecule has 2 rings (SSSR count). The van der Waals surface area contributed by atoms with Gasteiger partial charge in [-0.25, -0.2) is 9.97 Å². The van der Waals surface area contributed by atoms with Crippen molar-refractivity contribution in [2.45, 2.75) is 13.5 Å². The van der Waals surface area contributed by atoms with Crippen LogP contribution in [0, 0.1) is 6.92 Å². The third-order valence-electron chi connectivity index (χ3n) is 2.38. The minimum Gasteiger partial charge on any atom is -0.314 e. The molecule has 1 N–H and O–H groups in total. The zero-order valence-electron chi connectivity index (χ0n) is 9.87. The normalized spacial score (nSPS) is 10.5. The van der Waals surface area contributed by atoms with E-state index in [-0.39, 0.29) is 0 Å². The van der Waals surface area contributed by atoms with Gasteiger partial charge in [0.25, 0.3) is 0 Å². The molecule has 2 aromatic rings. The summed E-state index contributed by atoms with van der Waals surface area (Å²) in [6.07, 6.45) is 0. The van der Waals surface area contributed by atoms with E-state index in [4.69, 9.17) is 11.6 Å². The number of rotatable bonds is 3. The third-order valence-corrected chi connectivity index (χ3v) is 2.71. The Morgan fingerprint density at radius 2 is 2.00 bits per heavy atom. The van der Waals surface area contributed by atoms with E-state index in [0.717, 1.165) is 23.5 Å². The average Bonchev–Trinajstić information content (AvgIpc) is 2.29. The molecule has 0 bridgehead atoms. The summed E-state index contributed by atoms with van der Waals surface area (Å²) in [7, 11) is 1.90.